The van der Waals surface area contributed by atoms with E-state index in [0.29, 0.717) is 15.8 Å². The van der Waals surface area contributed by atoms with Crippen molar-refractivity contribution >= 4 is 40.3 Å². The van der Waals surface area contributed by atoms with Crippen molar-refractivity contribution in [3.8, 4) is 0 Å². The second-order valence-electron chi connectivity index (χ2n) is 5.20. The van der Waals surface area contributed by atoms with Crippen LogP contribution in [-0.2, 0) is 17.8 Å². The Labute approximate surface area is 145 Å². The zero-order chi connectivity index (χ0) is 16.2. The highest BCUT2D eigenvalue weighted by atomic mass is 32.2. The topological polar surface area (TPSA) is 38.1 Å². The molecule has 1 saturated heterocycles. The maximum Gasteiger partial charge on any atom is 0.266 e. The van der Waals surface area contributed by atoms with Crippen molar-refractivity contribution in [3.05, 3.63) is 58.8 Å². The fourth-order valence-corrected chi connectivity index (χ4v) is 3.67. The molecule has 4 nitrogen and oxygen atoms in total. The molecule has 1 fully saturated rings. The summed E-state index contributed by atoms with van der Waals surface area (Å²) in [7, 11) is 0. The number of amides is 1. The average Bonchev–Trinajstić information content (AvgIpc) is 3.12. The molecular formula is C17H17N3OS2. The van der Waals surface area contributed by atoms with Gasteiger partial charge in [-0.25, -0.2) is 0 Å². The van der Waals surface area contributed by atoms with Crippen molar-refractivity contribution in [1.29, 1.82) is 0 Å². The lowest BCUT2D eigenvalue weighted by atomic mass is 10.1. The van der Waals surface area contributed by atoms with Crippen LogP contribution in [0.25, 0.3) is 6.08 Å². The Bertz CT molecular complexity index is 752. The number of thioether (sulfide) groups is 1. The fraction of sp³-hybridized carbons (Fsp3) is 0.235. The molecule has 118 valence electrons. The van der Waals surface area contributed by atoms with E-state index in [1.807, 2.05) is 42.1 Å². The number of benzene rings is 1. The van der Waals surface area contributed by atoms with Crippen LogP contribution in [0.5, 0.6) is 0 Å². The number of aromatic nitrogens is 2. The minimum Gasteiger partial charge on any atom is -0.293 e. The van der Waals surface area contributed by atoms with E-state index in [0.717, 1.165) is 18.5 Å². The van der Waals surface area contributed by atoms with E-state index in [9.17, 15) is 4.79 Å². The van der Waals surface area contributed by atoms with Gasteiger partial charge >= 0.3 is 0 Å². The number of carbonyl (C=O) groups is 1. The van der Waals surface area contributed by atoms with Crippen LogP contribution in [0.15, 0.2) is 47.6 Å². The number of rotatable bonds is 5. The number of hydrogen-bond donors (Lipinski definition) is 0. The molecule has 1 aliphatic rings. The minimum atomic E-state index is -0.0137. The van der Waals surface area contributed by atoms with E-state index in [-0.39, 0.29) is 5.91 Å². The molecule has 0 spiro atoms. The largest absolute Gasteiger partial charge is 0.293 e. The Morgan fingerprint density at radius 3 is 2.78 bits per heavy atom. The van der Waals surface area contributed by atoms with E-state index in [1.54, 1.807) is 11.1 Å². The lowest BCUT2D eigenvalue weighted by Crippen LogP contribution is -2.30. The minimum absolute atomic E-state index is 0.0137. The molecule has 1 aromatic carbocycles. The van der Waals surface area contributed by atoms with Crippen LogP contribution in [0.4, 0.5) is 0 Å². The Hall–Kier alpha value is -1.92. The first kappa shape index (κ1) is 16.0. The lowest BCUT2D eigenvalue weighted by Gasteiger charge is -2.14. The summed E-state index contributed by atoms with van der Waals surface area (Å²) >= 11 is 6.72. The first-order valence-electron chi connectivity index (χ1n) is 7.49. The molecule has 0 radical (unpaired) electrons. The van der Waals surface area contributed by atoms with Crippen molar-refractivity contribution < 1.29 is 4.79 Å². The van der Waals surface area contributed by atoms with Gasteiger partial charge in [0.25, 0.3) is 5.91 Å². The third-order valence-corrected chi connectivity index (χ3v) is 4.99. The molecule has 0 bridgehead atoms. The molecule has 0 aliphatic carbocycles. The predicted molar refractivity (Wildman–Crippen MR) is 97.9 cm³/mol. The van der Waals surface area contributed by atoms with E-state index in [2.05, 4.69) is 17.2 Å². The van der Waals surface area contributed by atoms with Crippen molar-refractivity contribution in [2.75, 3.05) is 6.54 Å². The Morgan fingerprint density at radius 2 is 2.09 bits per heavy atom. The van der Waals surface area contributed by atoms with Gasteiger partial charge in [0.2, 0.25) is 0 Å². The van der Waals surface area contributed by atoms with Gasteiger partial charge in [-0.05, 0) is 25.0 Å². The molecule has 1 amide bonds. The van der Waals surface area contributed by atoms with Gasteiger partial charge in [-0.15, -0.1) is 0 Å². The van der Waals surface area contributed by atoms with Crippen molar-refractivity contribution in [1.82, 2.24) is 14.7 Å². The number of aryl methyl sites for hydroxylation is 1. The Kier molecular flexibility index (Phi) is 4.93. The molecule has 2 heterocycles. The summed E-state index contributed by atoms with van der Waals surface area (Å²) in [5.74, 6) is -0.0137. The maximum atomic E-state index is 12.5. The Balaban J connectivity index is 1.69. The molecule has 23 heavy (non-hydrogen) atoms. The number of hydrogen-bond acceptors (Lipinski definition) is 4. The standard InChI is InChI=1S/C17H17N3OS2/c1-2-19-12-14(11-18-19)10-15-16(21)20(17(22)23-15)9-8-13-6-4-3-5-7-13/h3-7,10-12H,2,8-9H2,1H3/b15-10-. The zero-order valence-corrected chi connectivity index (χ0v) is 14.4. The summed E-state index contributed by atoms with van der Waals surface area (Å²) in [6.07, 6.45) is 6.35. The van der Waals surface area contributed by atoms with E-state index in [1.165, 1.54) is 17.3 Å². The molecule has 0 saturated carbocycles. The highest BCUT2D eigenvalue weighted by molar-refractivity contribution is 8.26. The first-order chi connectivity index (χ1) is 11.2. The summed E-state index contributed by atoms with van der Waals surface area (Å²) in [6, 6.07) is 10.1. The molecule has 0 unspecified atom stereocenters. The number of thiocarbonyl (C=S) groups is 1. The normalized spacial score (nSPS) is 16.6. The van der Waals surface area contributed by atoms with Gasteiger partial charge in [0.1, 0.15) is 4.32 Å². The SMILES string of the molecule is CCn1cc(/C=C2\SC(=S)N(CCc3ccccc3)C2=O)cn1. The summed E-state index contributed by atoms with van der Waals surface area (Å²) in [4.78, 5) is 14.9. The van der Waals surface area contributed by atoms with Crippen LogP contribution >= 0.6 is 24.0 Å². The van der Waals surface area contributed by atoms with Gasteiger partial charge in [0.05, 0.1) is 11.1 Å². The van der Waals surface area contributed by atoms with Gasteiger partial charge < -0.3 is 0 Å². The second-order valence-corrected chi connectivity index (χ2v) is 6.87. The number of nitrogens with zero attached hydrogens (tertiary/aromatic N) is 3. The van der Waals surface area contributed by atoms with Crippen LogP contribution in [0.2, 0.25) is 0 Å². The third-order valence-electron chi connectivity index (χ3n) is 3.62. The van der Waals surface area contributed by atoms with E-state index < -0.39 is 0 Å². The van der Waals surface area contributed by atoms with Crippen LogP contribution in [0, 0.1) is 0 Å². The van der Waals surface area contributed by atoms with Crippen molar-refractivity contribution in [2.45, 2.75) is 19.9 Å². The smallest absolute Gasteiger partial charge is 0.266 e. The highest BCUT2D eigenvalue weighted by Gasteiger charge is 2.31. The molecule has 2 aromatic rings. The lowest BCUT2D eigenvalue weighted by molar-refractivity contribution is -0.122. The zero-order valence-electron chi connectivity index (χ0n) is 12.8. The first-order valence-corrected chi connectivity index (χ1v) is 8.71. The molecule has 6 heteroatoms. The van der Waals surface area contributed by atoms with Gasteiger partial charge in [-0.3, -0.25) is 14.4 Å². The average molecular weight is 343 g/mol. The van der Waals surface area contributed by atoms with Crippen LogP contribution in [0.3, 0.4) is 0 Å². The van der Waals surface area contributed by atoms with Gasteiger partial charge in [-0.2, -0.15) is 5.10 Å². The van der Waals surface area contributed by atoms with E-state index in [4.69, 9.17) is 12.2 Å². The maximum absolute atomic E-state index is 12.5. The molecule has 0 atom stereocenters. The van der Waals surface area contributed by atoms with Gasteiger partial charge in [0.15, 0.2) is 0 Å². The third kappa shape index (κ3) is 3.71. The van der Waals surface area contributed by atoms with Gasteiger partial charge in [-0.1, -0.05) is 54.3 Å². The summed E-state index contributed by atoms with van der Waals surface area (Å²) < 4.78 is 2.46. The monoisotopic (exact) mass is 343 g/mol. The predicted octanol–water partition coefficient (Wildman–Crippen LogP) is 3.35. The fourth-order valence-electron chi connectivity index (χ4n) is 2.36. The highest BCUT2D eigenvalue weighted by Crippen LogP contribution is 2.32. The Morgan fingerprint density at radius 1 is 1.30 bits per heavy atom. The molecule has 1 aliphatic heterocycles. The van der Waals surface area contributed by atoms with Crippen LogP contribution < -0.4 is 0 Å². The molecular weight excluding hydrogens is 326 g/mol. The summed E-state index contributed by atoms with van der Waals surface area (Å²) in [6.45, 7) is 3.45. The van der Waals surface area contributed by atoms with Crippen LogP contribution in [0.1, 0.15) is 18.1 Å². The van der Waals surface area contributed by atoms with Gasteiger partial charge in [0, 0.05) is 24.8 Å². The van der Waals surface area contributed by atoms with Crippen molar-refractivity contribution in [3.63, 3.8) is 0 Å². The molecule has 0 N–H and O–H groups in total. The molecule has 3 rings (SSSR count). The quantitative estimate of drug-likeness (QED) is 0.616. The number of carbonyl (C=O) groups excluding carboxylic acids is 1. The van der Waals surface area contributed by atoms with E-state index >= 15 is 0 Å². The molecule has 1 aromatic heterocycles. The summed E-state index contributed by atoms with van der Waals surface area (Å²) in [5.41, 5.74) is 2.13. The summed E-state index contributed by atoms with van der Waals surface area (Å²) in [5, 5.41) is 4.22. The second kappa shape index (κ2) is 7.10. The van der Waals surface area contributed by atoms with Crippen LogP contribution in [-0.4, -0.2) is 31.5 Å². The van der Waals surface area contributed by atoms with Crippen molar-refractivity contribution in [2.24, 2.45) is 0 Å².